The highest BCUT2D eigenvalue weighted by Crippen LogP contribution is 2.71. The molecule has 3 nitrogen and oxygen atoms in total. The average molecular weight is 413 g/mol. The molecule has 3 unspecified atom stereocenters. The summed E-state index contributed by atoms with van der Waals surface area (Å²) < 4.78 is 0. The maximum absolute atomic E-state index is 10.4. The SMILES string of the molecule is CC(C)C/C=C/[C@@H](C)C1CCC2[C@]1(C)CC=C1[C@]23C=C[C@]2(CC(O)CC[C@]12C)OO3. The maximum Gasteiger partial charge on any atom is 0.147 e. The van der Waals surface area contributed by atoms with E-state index in [9.17, 15) is 5.11 Å². The van der Waals surface area contributed by atoms with Crippen LogP contribution in [0.3, 0.4) is 0 Å². The fourth-order valence-electron chi connectivity index (χ4n) is 8.00. The van der Waals surface area contributed by atoms with Gasteiger partial charge in [0.1, 0.15) is 11.2 Å². The molecule has 0 aromatic rings. The average Bonchev–Trinajstić information content (AvgIpc) is 3.05. The summed E-state index contributed by atoms with van der Waals surface area (Å²) in [7, 11) is 0. The van der Waals surface area contributed by atoms with E-state index in [0.29, 0.717) is 24.2 Å². The Morgan fingerprint density at radius 2 is 1.93 bits per heavy atom. The summed E-state index contributed by atoms with van der Waals surface area (Å²) in [6.07, 6.45) is 18.9. The van der Waals surface area contributed by atoms with Crippen molar-refractivity contribution >= 4 is 0 Å². The molecule has 0 aromatic heterocycles. The van der Waals surface area contributed by atoms with Crippen LogP contribution in [0.15, 0.2) is 36.0 Å². The van der Waals surface area contributed by atoms with Gasteiger partial charge >= 0.3 is 0 Å². The molecule has 2 aliphatic heterocycles. The van der Waals surface area contributed by atoms with E-state index in [2.05, 4.69) is 65.0 Å². The van der Waals surface area contributed by atoms with Crippen LogP contribution in [-0.2, 0) is 9.78 Å². The first-order chi connectivity index (χ1) is 14.2. The van der Waals surface area contributed by atoms with Gasteiger partial charge in [-0.05, 0) is 79.4 Å². The molecule has 2 bridgehead atoms. The summed E-state index contributed by atoms with van der Waals surface area (Å²) in [5.41, 5.74) is 0.683. The summed E-state index contributed by atoms with van der Waals surface area (Å²) in [6.45, 7) is 11.9. The number of aliphatic hydroxyl groups excluding tert-OH is 1. The van der Waals surface area contributed by atoms with Gasteiger partial charge in [-0.15, -0.1) is 0 Å². The zero-order chi connectivity index (χ0) is 21.4. The molecular weight excluding hydrogens is 372 g/mol. The van der Waals surface area contributed by atoms with Crippen LogP contribution in [-0.4, -0.2) is 22.4 Å². The van der Waals surface area contributed by atoms with Gasteiger partial charge in [-0.3, -0.25) is 0 Å². The largest absolute Gasteiger partial charge is 0.393 e. The van der Waals surface area contributed by atoms with E-state index < -0.39 is 11.2 Å². The first kappa shape index (κ1) is 21.0. The molecule has 6 rings (SSSR count). The Labute approximate surface area is 182 Å². The van der Waals surface area contributed by atoms with Crippen molar-refractivity contribution in [1.29, 1.82) is 0 Å². The number of rotatable bonds is 4. The van der Waals surface area contributed by atoms with Crippen molar-refractivity contribution in [1.82, 2.24) is 0 Å². The molecule has 1 N–H and O–H groups in total. The molecule has 3 heteroatoms. The molecular formula is C27H40O3. The molecule has 8 atom stereocenters. The maximum atomic E-state index is 10.4. The first-order valence-corrected chi connectivity index (χ1v) is 12.3. The molecule has 0 radical (unpaired) electrons. The van der Waals surface area contributed by atoms with Crippen molar-refractivity contribution in [2.75, 3.05) is 0 Å². The summed E-state index contributed by atoms with van der Waals surface area (Å²) >= 11 is 0. The van der Waals surface area contributed by atoms with E-state index in [1.54, 1.807) is 0 Å². The highest BCUT2D eigenvalue weighted by molar-refractivity contribution is 5.48. The number of hydrogen-bond donors (Lipinski definition) is 1. The molecule has 4 aliphatic carbocycles. The van der Waals surface area contributed by atoms with Crippen molar-refractivity contribution in [3.63, 3.8) is 0 Å². The highest BCUT2D eigenvalue weighted by Gasteiger charge is 2.71. The molecule has 0 amide bonds. The summed E-state index contributed by atoms with van der Waals surface area (Å²) in [5, 5.41) is 10.4. The Bertz CT molecular complexity index is 796. The molecule has 2 spiro atoms. The number of allylic oxidation sites excluding steroid dienone is 3. The third kappa shape index (κ3) is 2.61. The zero-order valence-electron chi connectivity index (χ0n) is 19.5. The molecule has 2 heterocycles. The van der Waals surface area contributed by atoms with Gasteiger partial charge in [0, 0.05) is 17.8 Å². The minimum Gasteiger partial charge on any atom is -0.393 e. The van der Waals surface area contributed by atoms with E-state index in [1.165, 1.54) is 18.4 Å². The lowest BCUT2D eigenvalue weighted by molar-refractivity contribution is -0.455. The number of hydrogen-bond acceptors (Lipinski definition) is 3. The lowest BCUT2D eigenvalue weighted by atomic mass is 9.47. The van der Waals surface area contributed by atoms with E-state index in [0.717, 1.165) is 31.6 Å². The minimum atomic E-state index is -0.503. The molecule has 3 fully saturated rings. The molecule has 2 saturated carbocycles. The standard InChI is InChI=1S/C27H40O3/c1-18(2)7-6-8-19(3)21-9-10-22-24(21,4)13-12-23-25(5)14-11-20(28)17-26(25)15-16-27(22,23)30-29-26/h6,8,12,15-16,18-22,28H,7,9-11,13-14,17H2,1-5H3/b8-6+/t19-,20?,21?,22?,24-,25-,26-,27+/m1/s1. The predicted octanol–water partition coefficient (Wildman–Crippen LogP) is 6.15. The second-order valence-corrected chi connectivity index (χ2v) is 11.9. The van der Waals surface area contributed by atoms with E-state index >= 15 is 0 Å². The third-order valence-corrected chi connectivity index (χ3v) is 9.75. The quantitative estimate of drug-likeness (QED) is 0.445. The summed E-state index contributed by atoms with van der Waals surface area (Å²) in [5.74, 6) is 2.43. The Balaban J connectivity index is 1.49. The van der Waals surface area contributed by atoms with Crippen LogP contribution < -0.4 is 0 Å². The topological polar surface area (TPSA) is 38.7 Å². The number of aliphatic hydroxyl groups is 1. The monoisotopic (exact) mass is 412 g/mol. The Hall–Kier alpha value is -0.900. The molecule has 30 heavy (non-hydrogen) atoms. The van der Waals surface area contributed by atoms with Crippen LogP contribution in [0.2, 0.25) is 0 Å². The van der Waals surface area contributed by atoms with Gasteiger partial charge in [0.05, 0.1) is 6.10 Å². The van der Waals surface area contributed by atoms with Gasteiger partial charge in [-0.2, -0.15) is 0 Å². The molecule has 166 valence electrons. The fraction of sp³-hybridized carbons (Fsp3) is 0.778. The third-order valence-electron chi connectivity index (χ3n) is 9.75. The molecule has 1 saturated heterocycles. The minimum absolute atomic E-state index is 0.0680. The van der Waals surface area contributed by atoms with Gasteiger partial charge in [0.2, 0.25) is 0 Å². The second kappa shape index (κ2) is 6.80. The van der Waals surface area contributed by atoms with Crippen LogP contribution in [0.5, 0.6) is 0 Å². The van der Waals surface area contributed by atoms with E-state index in [4.69, 9.17) is 9.78 Å². The van der Waals surface area contributed by atoms with Crippen LogP contribution in [0.4, 0.5) is 0 Å². The van der Waals surface area contributed by atoms with Gasteiger partial charge in [-0.25, -0.2) is 9.78 Å². The lowest BCUT2D eigenvalue weighted by Crippen LogP contribution is -2.69. The van der Waals surface area contributed by atoms with Crippen molar-refractivity contribution < 1.29 is 14.9 Å². The Morgan fingerprint density at radius 3 is 2.63 bits per heavy atom. The summed E-state index contributed by atoms with van der Waals surface area (Å²) in [4.78, 5) is 12.6. The first-order valence-electron chi connectivity index (χ1n) is 12.3. The van der Waals surface area contributed by atoms with Crippen molar-refractivity contribution in [3.8, 4) is 0 Å². The van der Waals surface area contributed by atoms with E-state index in [-0.39, 0.29) is 16.9 Å². The van der Waals surface area contributed by atoms with Crippen LogP contribution >= 0.6 is 0 Å². The predicted molar refractivity (Wildman–Crippen MR) is 120 cm³/mol. The Kier molecular flexibility index (Phi) is 4.75. The highest BCUT2D eigenvalue weighted by atomic mass is 17.2. The van der Waals surface area contributed by atoms with Crippen LogP contribution in [0, 0.1) is 34.5 Å². The van der Waals surface area contributed by atoms with Gasteiger partial charge in [-0.1, -0.05) is 52.8 Å². The fourth-order valence-corrected chi connectivity index (χ4v) is 8.00. The van der Waals surface area contributed by atoms with E-state index in [1.807, 2.05) is 0 Å². The second-order valence-electron chi connectivity index (χ2n) is 11.9. The molecule has 0 aromatic carbocycles. The van der Waals surface area contributed by atoms with Gasteiger partial charge in [0.15, 0.2) is 0 Å². The Morgan fingerprint density at radius 1 is 1.13 bits per heavy atom. The van der Waals surface area contributed by atoms with Gasteiger partial charge in [0.25, 0.3) is 0 Å². The van der Waals surface area contributed by atoms with Crippen molar-refractivity contribution in [2.24, 2.45) is 34.5 Å². The summed E-state index contributed by atoms with van der Waals surface area (Å²) in [6, 6.07) is 0. The molecule has 6 aliphatic rings. The van der Waals surface area contributed by atoms with Crippen LogP contribution in [0.25, 0.3) is 0 Å². The number of fused-ring (bicyclic) bond motifs is 2. The zero-order valence-corrected chi connectivity index (χ0v) is 19.5. The van der Waals surface area contributed by atoms with Gasteiger partial charge < -0.3 is 5.11 Å². The van der Waals surface area contributed by atoms with Crippen molar-refractivity contribution in [2.45, 2.75) is 96.9 Å². The van der Waals surface area contributed by atoms with Crippen molar-refractivity contribution in [3.05, 3.63) is 36.0 Å². The lowest BCUT2D eigenvalue weighted by Gasteiger charge is -2.66. The smallest absolute Gasteiger partial charge is 0.147 e. The van der Waals surface area contributed by atoms with Crippen LogP contribution in [0.1, 0.15) is 79.6 Å². The normalized spacial score (nSPS) is 50.4.